The standard InChI is InChI=1S/C22H25N/c1-15-10-16(2)12-19(11-15)21-20-7-6-17(14-22(3,4)5)13-18(20)8-9-23-21/h6-13H,14H2,1-5H3/i9D. The highest BCUT2D eigenvalue weighted by molar-refractivity contribution is 5.95. The van der Waals surface area contributed by atoms with Gasteiger partial charge in [-0.25, -0.2) is 0 Å². The Kier molecular flexibility index (Phi) is 3.65. The third kappa shape index (κ3) is 3.61. The Hall–Kier alpha value is -2.15. The second-order valence-electron chi connectivity index (χ2n) is 7.77. The van der Waals surface area contributed by atoms with E-state index in [4.69, 9.17) is 1.37 Å². The zero-order valence-corrected chi connectivity index (χ0v) is 14.7. The normalized spacial score (nSPS) is 12.5. The summed E-state index contributed by atoms with van der Waals surface area (Å²) >= 11 is 0. The van der Waals surface area contributed by atoms with Gasteiger partial charge >= 0.3 is 0 Å². The first kappa shape index (κ1) is 14.4. The van der Waals surface area contributed by atoms with Gasteiger partial charge in [-0.1, -0.05) is 56.2 Å². The van der Waals surface area contributed by atoms with Gasteiger partial charge in [0.1, 0.15) is 0 Å². The summed E-state index contributed by atoms with van der Waals surface area (Å²) in [5.74, 6) is 0. The molecule has 0 atom stereocenters. The molecule has 1 nitrogen and oxygen atoms in total. The maximum Gasteiger partial charge on any atom is 0.0840 e. The van der Waals surface area contributed by atoms with Gasteiger partial charge in [-0.05, 0) is 54.8 Å². The molecule has 1 heterocycles. The first-order valence-electron chi connectivity index (χ1n) is 8.70. The second kappa shape index (κ2) is 5.81. The highest BCUT2D eigenvalue weighted by Crippen LogP contribution is 2.30. The molecule has 0 N–H and O–H groups in total. The monoisotopic (exact) mass is 304 g/mol. The number of hydrogen-bond acceptors (Lipinski definition) is 1. The van der Waals surface area contributed by atoms with E-state index in [0.29, 0.717) is 6.17 Å². The molecule has 23 heavy (non-hydrogen) atoms. The number of fused-ring (bicyclic) bond motifs is 1. The predicted octanol–water partition coefficient (Wildman–Crippen LogP) is 6.11. The van der Waals surface area contributed by atoms with Gasteiger partial charge < -0.3 is 0 Å². The van der Waals surface area contributed by atoms with Crippen LogP contribution in [0, 0.1) is 19.3 Å². The van der Waals surface area contributed by atoms with E-state index < -0.39 is 0 Å². The van der Waals surface area contributed by atoms with Gasteiger partial charge in [-0.15, -0.1) is 0 Å². The number of benzene rings is 2. The molecule has 0 aliphatic heterocycles. The van der Waals surface area contributed by atoms with Crippen LogP contribution in [0.15, 0.2) is 48.6 Å². The van der Waals surface area contributed by atoms with Crippen molar-refractivity contribution >= 4 is 10.8 Å². The van der Waals surface area contributed by atoms with Crippen LogP contribution in [0.2, 0.25) is 0 Å². The number of nitrogens with zero attached hydrogens (tertiary/aromatic N) is 1. The molecule has 3 rings (SSSR count). The van der Waals surface area contributed by atoms with Gasteiger partial charge in [0.25, 0.3) is 0 Å². The van der Waals surface area contributed by atoms with Gasteiger partial charge in [0.2, 0.25) is 0 Å². The van der Waals surface area contributed by atoms with Crippen molar-refractivity contribution < 1.29 is 1.37 Å². The minimum absolute atomic E-state index is 0.251. The summed E-state index contributed by atoms with van der Waals surface area (Å²) < 4.78 is 8.11. The molecule has 0 radical (unpaired) electrons. The Bertz CT molecular complexity index is 883. The molecule has 0 spiro atoms. The average molecular weight is 304 g/mol. The largest absolute Gasteiger partial charge is 0.256 e. The second-order valence-corrected chi connectivity index (χ2v) is 7.77. The fraction of sp³-hybridized carbons (Fsp3) is 0.318. The Balaban J connectivity index is 2.18. The summed E-state index contributed by atoms with van der Waals surface area (Å²) in [4.78, 5) is 4.52. The lowest BCUT2D eigenvalue weighted by molar-refractivity contribution is 0.411. The number of aryl methyl sites for hydroxylation is 2. The molecule has 0 fully saturated rings. The lowest BCUT2D eigenvalue weighted by Crippen LogP contribution is -2.08. The number of rotatable bonds is 2. The summed E-state index contributed by atoms with van der Waals surface area (Å²) in [5, 5.41) is 2.22. The summed E-state index contributed by atoms with van der Waals surface area (Å²) in [5.41, 5.74) is 6.01. The molecule has 2 aromatic carbocycles. The van der Waals surface area contributed by atoms with Crippen LogP contribution in [0.5, 0.6) is 0 Å². The van der Waals surface area contributed by atoms with Gasteiger partial charge in [-0.2, -0.15) is 0 Å². The number of pyridine rings is 1. The van der Waals surface area contributed by atoms with E-state index in [1.165, 1.54) is 16.7 Å². The highest BCUT2D eigenvalue weighted by atomic mass is 14.7. The molecule has 0 aliphatic carbocycles. The van der Waals surface area contributed by atoms with Crippen LogP contribution in [0.1, 0.15) is 38.8 Å². The van der Waals surface area contributed by atoms with Gasteiger partial charge in [-0.3, -0.25) is 4.98 Å². The molecule has 0 saturated heterocycles. The Morgan fingerprint density at radius 3 is 2.30 bits per heavy atom. The molecule has 1 heteroatoms. The van der Waals surface area contributed by atoms with E-state index in [2.05, 4.69) is 76.0 Å². The van der Waals surface area contributed by atoms with Crippen LogP contribution in [0.3, 0.4) is 0 Å². The lowest BCUT2D eigenvalue weighted by Gasteiger charge is -2.18. The van der Waals surface area contributed by atoms with Crippen LogP contribution < -0.4 is 0 Å². The zero-order chi connectivity index (χ0) is 17.5. The van der Waals surface area contributed by atoms with Gasteiger partial charge in [0.05, 0.1) is 7.06 Å². The van der Waals surface area contributed by atoms with Crippen LogP contribution in [-0.4, -0.2) is 4.98 Å². The van der Waals surface area contributed by atoms with E-state index in [9.17, 15) is 0 Å². The quantitative estimate of drug-likeness (QED) is 0.557. The van der Waals surface area contributed by atoms with Crippen molar-refractivity contribution in [3.05, 3.63) is 65.3 Å². The average Bonchev–Trinajstić information content (AvgIpc) is 2.43. The maximum absolute atomic E-state index is 8.11. The van der Waals surface area contributed by atoms with E-state index in [-0.39, 0.29) is 5.41 Å². The highest BCUT2D eigenvalue weighted by Gasteiger charge is 2.12. The third-order valence-electron chi connectivity index (χ3n) is 4.00. The van der Waals surface area contributed by atoms with Gasteiger partial charge in [0, 0.05) is 17.1 Å². The molecule has 0 unspecified atom stereocenters. The Labute approximate surface area is 140 Å². The fourth-order valence-electron chi connectivity index (χ4n) is 3.23. The molecular weight excluding hydrogens is 278 g/mol. The molecule has 0 aliphatic rings. The van der Waals surface area contributed by atoms with Crippen LogP contribution in [-0.2, 0) is 6.42 Å². The van der Waals surface area contributed by atoms with Crippen molar-refractivity contribution in [2.45, 2.75) is 41.0 Å². The van der Waals surface area contributed by atoms with Crippen molar-refractivity contribution in [1.82, 2.24) is 4.98 Å². The minimum Gasteiger partial charge on any atom is -0.256 e. The van der Waals surface area contributed by atoms with E-state index >= 15 is 0 Å². The molecule has 1 aromatic heterocycles. The fourth-order valence-corrected chi connectivity index (χ4v) is 3.23. The van der Waals surface area contributed by atoms with Gasteiger partial charge in [0.15, 0.2) is 0 Å². The lowest BCUT2D eigenvalue weighted by atomic mass is 9.87. The summed E-state index contributed by atoms with van der Waals surface area (Å²) in [6.45, 7) is 11.0. The summed E-state index contributed by atoms with van der Waals surface area (Å²) in [6.07, 6.45) is 1.35. The van der Waals surface area contributed by atoms with Crippen LogP contribution in [0.4, 0.5) is 0 Å². The van der Waals surface area contributed by atoms with Crippen LogP contribution in [0.25, 0.3) is 22.0 Å². The summed E-state index contributed by atoms with van der Waals surface area (Å²) in [6, 6.07) is 14.9. The predicted molar refractivity (Wildman–Crippen MR) is 99.8 cm³/mol. The molecule has 118 valence electrons. The smallest absolute Gasteiger partial charge is 0.0840 e. The minimum atomic E-state index is 0.251. The Morgan fingerprint density at radius 2 is 1.65 bits per heavy atom. The third-order valence-corrected chi connectivity index (χ3v) is 4.00. The first-order chi connectivity index (χ1) is 11.2. The first-order valence-corrected chi connectivity index (χ1v) is 8.20. The van der Waals surface area contributed by atoms with Crippen molar-refractivity contribution in [2.75, 3.05) is 0 Å². The van der Waals surface area contributed by atoms with Crippen molar-refractivity contribution in [3.63, 3.8) is 0 Å². The maximum atomic E-state index is 8.11. The van der Waals surface area contributed by atoms with Crippen molar-refractivity contribution in [3.8, 4) is 11.3 Å². The molecule has 0 bridgehead atoms. The SMILES string of the molecule is [2H]c1cc2cc(CC(C)(C)C)ccc2c(-c2cc(C)cc(C)c2)n1. The number of hydrogen-bond donors (Lipinski definition) is 0. The van der Waals surface area contributed by atoms with E-state index in [0.717, 1.165) is 28.5 Å². The molecular formula is C22H25N. The van der Waals surface area contributed by atoms with Crippen molar-refractivity contribution in [2.24, 2.45) is 5.41 Å². The number of aromatic nitrogens is 1. The Morgan fingerprint density at radius 1 is 0.957 bits per heavy atom. The topological polar surface area (TPSA) is 12.9 Å². The summed E-state index contributed by atoms with van der Waals surface area (Å²) in [7, 11) is 0. The van der Waals surface area contributed by atoms with E-state index in [1.807, 2.05) is 6.07 Å². The zero-order valence-electron chi connectivity index (χ0n) is 15.7. The van der Waals surface area contributed by atoms with E-state index in [1.54, 1.807) is 0 Å². The molecule has 0 amide bonds. The molecule has 0 saturated carbocycles. The molecule has 3 aromatic rings. The van der Waals surface area contributed by atoms with Crippen molar-refractivity contribution in [1.29, 1.82) is 0 Å². The van der Waals surface area contributed by atoms with Crippen LogP contribution >= 0.6 is 0 Å².